The van der Waals surface area contributed by atoms with Gasteiger partial charge in [-0.15, -0.1) is 0 Å². The van der Waals surface area contributed by atoms with Crippen LogP contribution in [-0.4, -0.2) is 6.04 Å². The molecular weight excluding hydrogens is 269 g/mol. The highest BCUT2D eigenvalue weighted by Crippen LogP contribution is 2.33. The first kappa shape index (κ1) is 13.5. The zero-order valence-corrected chi connectivity index (χ0v) is 11.8. The number of nitrogens with one attached hydrogen (secondary N) is 1. The van der Waals surface area contributed by atoms with Crippen molar-refractivity contribution in [3.63, 3.8) is 0 Å². The Kier molecular flexibility index (Phi) is 4.33. The van der Waals surface area contributed by atoms with E-state index in [4.69, 9.17) is 27.6 Å². The molecule has 18 heavy (non-hydrogen) atoms. The normalized spacial score (nSPS) is 11.2. The molecule has 0 saturated carbocycles. The lowest BCUT2D eigenvalue weighted by Crippen LogP contribution is -2.21. The smallest absolute Gasteiger partial charge is 0.125 e. The third-order valence-corrected chi connectivity index (χ3v) is 3.19. The van der Waals surface area contributed by atoms with Crippen LogP contribution in [0.5, 0.6) is 0 Å². The Labute approximate surface area is 117 Å². The van der Waals surface area contributed by atoms with Crippen molar-refractivity contribution in [3.05, 3.63) is 46.3 Å². The lowest BCUT2D eigenvalue weighted by molar-refractivity contribution is 0.466. The van der Waals surface area contributed by atoms with Gasteiger partial charge in [0.25, 0.3) is 0 Å². The summed E-state index contributed by atoms with van der Waals surface area (Å²) in [4.78, 5) is 0. The van der Waals surface area contributed by atoms with Crippen LogP contribution in [-0.2, 0) is 6.54 Å². The molecule has 0 fully saturated rings. The quantitative estimate of drug-likeness (QED) is 0.876. The van der Waals surface area contributed by atoms with Crippen LogP contribution in [0.25, 0.3) is 11.1 Å². The van der Waals surface area contributed by atoms with Crippen LogP contribution < -0.4 is 5.32 Å². The molecule has 0 atom stereocenters. The Balaban J connectivity index is 2.30. The van der Waals surface area contributed by atoms with E-state index in [0.717, 1.165) is 16.9 Å². The average Bonchev–Trinajstić information content (AvgIpc) is 2.74. The van der Waals surface area contributed by atoms with Crippen molar-refractivity contribution in [1.29, 1.82) is 0 Å². The molecular formula is C14H15Cl2NO. The minimum absolute atomic E-state index is 0.406. The SMILES string of the molecule is CC(C)NCc1occc1-c1ccc(Cl)cc1Cl. The lowest BCUT2D eigenvalue weighted by atomic mass is 10.1. The maximum atomic E-state index is 6.21. The molecule has 0 radical (unpaired) electrons. The number of rotatable bonds is 4. The maximum absolute atomic E-state index is 6.21. The second kappa shape index (κ2) is 5.79. The molecule has 96 valence electrons. The first-order valence-corrected chi connectivity index (χ1v) is 6.58. The van der Waals surface area contributed by atoms with Crippen molar-refractivity contribution in [2.24, 2.45) is 0 Å². The molecule has 0 spiro atoms. The van der Waals surface area contributed by atoms with Crippen molar-refractivity contribution in [3.8, 4) is 11.1 Å². The van der Waals surface area contributed by atoms with E-state index >= 15 is 0 Å². The fourth-order valence-electron chi connectivity index (χ4n) is 1.72. The molecule has 1 aromatic carbocycles. The predicted molar refractivity (Wildman–Crippen MR) is 76.1 cm³/mol. The van der Waals surface area contributed by atoms with Gasteiger partial charge in [-0.3, -0.25) is 0 Å². The Morgan fingerprint density at radius 2 is 1.94 bits per heavy atom. The van der Waals surface area contributed by atoms with Crippen molar-refractivity contribution in [2.45, 2.75) is 26.4 Å². The first-order valence-electron chi connectivity index (χ1n) is 5.83. The van der Waals surface area contributed by atoms with E-state index in [-0.39, 0.29) is 0 Å². The van der Waals surface area contributed by atoms with Gasteiger partial charge in [0, 0.05) is 27.2 Å². The summed E-state index contributed by atoms with van der Waals surface area (Å²) in [6.45, 7) is 4.87. The zero-order chi connectivity index (χ0) is 13.1. The van der Waals surface area contributed by atoms with Crippen LogP contribution in [0, 0.1) is 0 Å². The summed E-state index contributed by atoms with van der Waals surface area (Å²) in [7, 11) is 0. The molecule has 4 heteroatoms. The summed E-state index contributed by atoms with van der Waals surface area (Å²) in [5.41, 5.74) is 1.94. The van der Waals surface area contributed by atoms with Gasteiger partial charge in [-0.1, -0.05) is 43.1 Å². The topological polar surface area (TPSA) is 25.2 Å². The minimum Gasteiger partial charge on any atom is -0.467 e. The highest BCUT2D eigenvalue weighted by Gasteiger charge is 2.12. The average molecular weight is 284 g/mol. The van der Waals surface area contributed by atoms with Gasteiger partial charge in [0.15, 0.2) is 0 Å². The first-order chi connectivity index (χ1) is 8.58. The summed E-state index contributed by atoms with van der Waals surface area (Å²) < 4.78 is 5.50. The van der Waals surface area contributed by atoms with Gasteiger partial charge in [-0.2, -0.15) is 0 Å². The molecule has 1 heterocycles. The number of hydrogen-bond donors (Lipinski definition) is 1. The summed E-state index contributed by atoms with van der Waals surface area (Å²) in [6.07, 6.45) is 1.68. The molecule has 1 N–H and O–H groups in total. The Hall–Kier alpha value is -0.960. The van der Waals surface area contributed by atoms with Crippen LogP contribution in [0.4, 0.5) is 0 Å². The summed E-state index contributed by atoms with van der Waals surface area (Å²) in [6, 6.07) is 7.81. The summed E-state index contributed by atoms with van der Waals surface area (Å²) in [5, 5.41) is 4.59. The van der Waals surface area contributed by atoms with Crippen LogP contribution in [0.1, 0.15) is 19.6 Å². The van der Waals surface area contributed by atoms with Gasteiger partial charge < -0.3 is 9.73 Å². The van der Waals surface area contributed by atoms with Crippen LogP contribution >= 0.6 is 23.2 Å². The molecule has 0 aliphatic carbocycles. The lowest BCUT2D eigenvalue weighted by Gasteiger charge is -2.09. The van der Waals surface area contributed by atoms with E-state index in [1.807, 2.05) is 18.2 Å². The molecule has 0 amide bonds. The van der Waals surface area contributed by atoms with Crippen molar-refractivity contribution in [1.82, 2.24) is 5.32 Å². The Morgan fingerprint density at radius 1 is 1.17 bits per heavy atom. The molecule has 0 saturated heterocycles. The second-order valence-electron chi connectivity index (χ2n) is 4.42. The monoisotopic (exact) mass is 283 g/mol. The van der Waals surface area contributed by atoms with Crippen molar-refractivity contribution in [2.75, 3.05) is 0 Å². The minimum atomic E-state index is 0.406. The third-order valence-electron chi connectivity index (χ3n) is 2.64. The molecule has 0 aliphatic heterocycles. The van der Waals surface area contributed by atoms with E-state index in [0.29, 0.717) is 22.6 Å². The predicted octanol–water partition coefficient (Wildman–Crippen LogP) is 4.75. The number of halogens is 2. The molecule has 2 aromatic rings. The van der Waals surface area contributed by atoms with E-state index < -0.39 is 0 Å². The standard InChI is InChI=1S/C14H15Cl2NO/c1-9(2)17-8-14-12(5-6-18-14)11-4-3-10(15)7-13(11)16/h3-7,9,17H,8H2,1-2H3. The van der Waals surface area contributed by atoms with Gasteiger partial charge >= 0.3 is 0 Å². The highest BCUT2D eigenvalue weighted by molar-refractivity contribution is 6.36. The number of benzene rings is 1. The Morgan fingerprint density at radius 3 is 2.61 bits per heavy atom. The fraction of sp³-hybridized carbons (Fsp3) is 0.286. The van der Waals surface area contributed by atoms with Gasteiger partial charge in [-0.05, 0) is 18.2 Å². The molecule has 2 nitrogen and oxygen atoms in total. The van der Waals surface area contributed by atoms with E-state index in [1.165, 1.54) is 0 Å². The van der Waals surface area contributed by atoms with Gasteiger partial charge in [0.2, 0.25) is 0 Å². The van der Waals surface area contributed by atoms with Crippen molar-refractivity contribution < 1.29 is 4.42 Å². The fourth-order valence-corrected chi connectivity index (χ4v) is 2.23. The highest BCUT2D eigenvalue weighted by atomic mass is 35.5. The van der Waals surface area contributed by atoms with Crippen molar-refractivity contribution >= 4 is 23.2 Å². The van der Waals surface area contributed by atoms with Crippen LogP contribution in [0.15, 0.2) is 34.9 Å². The number of furan rings is 1. The third kappa shape index (κ3) is 3.08. The van der Waals surface area contributed by atoms with Gasteiger partial charge in [0.05, 0.1) is 12.8 Å². The van der Waals surface area contributed by atoms with Crippen LogP contribution in [0.3, 0.4) is 0 Å². The molecule has 0 unspecified atom stereocenters. The van der Waals surface area contributed by atoms with Crippen LogP contribution in [0.2, 0.25) is 10.0 Å². The maximum Gasteiger partial charge on any atom is 0.125 e. The zero-order valence-electron chi connectivity index (χ0n) is 10.3. The van der Waals surface area contributed by atoms with Gasteiger partial charge in [-0.25, -0.2) is 0 Å². The molecule has 1 aromatic heterocycles. The van der Waals surface area contributed by atoms with E-state index in [2.05, 4.69) is 19.2 Å². The molecule has 0 aliphatic rings. The number of hydrogen-bond acceptors (Lipinski definition) is 2. The van der Waals surface area contributed by atoms with Gasteiger partial charge in [0.1, 0.15) is 5.76 Å². The summed E-state index contributed by atoms with van der Waals surface area (Å²) in [5.74, 6) is 0.882. The Bertz CT molecular complexity index is 534. The van der Waals surface area contributed by atoms with E-state index in [9.17, 15) is 0 Å². The largest absolute Gasteiger partial charge is 0.467 e. The summed E-state index contributed by atoms with van der Waals surface area (Å²) >= 11 is 12.1. The molecule has 2 rings (SSSR count). The molecule has 0 bridgehead atoms. The van der Waals surface area contributed by atoms with E-state index in [1.54, 1.807) is 12.3 Å². The second-order valence-corrected chi connectivity index (χ2v) is 5.26.